The molecule has 0 bridgehead atoms. The van der Waals surface area contributed by atoms with E-state index in [9.17, 15) is 15.0 Å². The van der Waals surface area contributed by atoms with Gasteiger partial charge in [-0.05, 0) is 61.9 Å². The highest BCUT2D eigenvalue weighted by molar-refractivity contribution is 5.94. The number of aliphatic hydroxyl groups excluding tert-OH is 2. The van der Waals surface area contributed by atoms with Gasteiger partial charge in [0.25, 0.3) is 5.95 Å². The lowest BCUT2D eigenvalue weighted by Crippen LogP contribution is -2.24. The van der Waals surface area contributed by atoms with Crippen LogP contribution in [-0.2, 0) is 38.6 Å². The molecule has 0 aliphatic rings. The quantitative estimate of drug-likeness (QED) is 0.0600. The van der Waals surface area contributed by atoms with Crippen molar-refractivity contribution in [3.05, 3.63) is 126 Å². The van der Waals surface area contributed by atoms with E-state index in [1.807, 2.05) is 78.9 Å². The number of carbonyl (C=O) groups is 1. The third-order valence-electron chi connectivity index (χ3n) is 7.03. The topological polar surface area (TPSA) is 104 Å². The van der Waals surface area contributed by atoms with E-state index >= 15 is 0 Å². The average Bonchev–Trinajstić information content (AvgIpc) is 3.04. The molecule has 0 unspecified atom stereocenters. The number of rotatable bonds is 21. The third-order valence-corrected chi connectivity index (χ3v) is 7.03. The van der Waals surface area contributed by atoms with Gasteiger partial charge in [-0.25, -0.2) is 4.79 Å². The van der Waals surface area contributed by atoms with Gasteiger partial charge in [-0.15, -0.1) is 0 Å². The van der Waals surface area contributed by atoms with E-state index < -0.39 is 24.3 Å². The van der Waals surface area contributed by atoms with Crippen LogP contribution >= 0.6 is 0 Å². The first-order valence-electron chi connectivity index (χ1n) is 15.4. The van der Waals surface area contributed by atoms with Crippen LogP contribution in [0.15, 0.2) is 104 Å². The molecule has 0 aliphatic carbocycles. The van der Waals surface area contributed by atoms with Crippen LogP contribution < -0.4 is 4.74 Å². The molecule has 0 aliphatic heterocycles. The second-order valence-electron chi connectivity index (χ2n) is 10.6. The highest BCUT2D eigenvalue weighted by atomic mass is 16.7. The lowest BCUT2D eigenvalue weighted by molar-refractivity contribution is 0.00916. The molecule has 8 nitrogen and oxygen atoms in total. The van der Waals surface area contributed by atoms with Gasteiger partial charge in [-0.2, -0.15) is 0 Å². The summed E-state index contributed by atoms with van der Waals surface area (Å²) >= 11 is 0. The fourth-order valence-corrected chi connectivity index (χ4v) is 4.80. The Labute approximate surface area is 266 Å². The summed E-state index contributed by atoms with van der Waals surface area (Å²) in [5.41, 5.74) is 3.08. The lowest BCUT2D eigenvalue weighted by atomic mass is 10.0. The summed E-state index contributed by atoms with van der Waals surface area (Å²) in [5.74, 6) is -0.330. The van der Waals surface area contributed by atoms with Crippen LogP contribution in [0.2, 0.25) is 0 Å². The predicted octanol–water partition coefficient (Wildman–Crippen LogP) is 6.54. The highest BCUT2D eigenvalue weighted by Gasteiger charge is 2.21. The number of hydrogen-bond acceptors (Lipinski definition) is 8. The standard InChI is InChI=1S/C37H46O8/c1-4-43-28(2)45-37(40)36-31(19-12-22-35(36)41-3)18-11-21-34(44-27-30-16-9-6-10-17-30)25-33(39)24-32(38)20-13-23-42-26-29-14-7-5-8-15-29/h5-12,14-17,19,21-22,32-34,38-39H,2,4,13,18,20,23-27H2,1,3H3/b21-11+/t32-,33-,34-/m0/s1. The molecular formula is C37H46O8. The number of ether oxygens (including phenoxy) is 5. The molecule has 0 fully saturated rings. The maximum absolute atomic E-state index is 13.0. The minimum atomic E-state index is -0.775. The van der Waals surface area contributed by atoms with E-state index in [-0.39, 0.29) is 17.9 Å². The van der Waals surface area contributed by atoms with Gasteiger partial charge in [0.05, 0.1) is 45.2 Å². The van der Waals surface area contributed by atoms with Gasteiger partial charge in [0, 0.05) is 13.0 Å². The molecule has 0 amide bonds. The largest absolute Gasteiger partial charge is 0.496 e. The number of aliphatic hydroxyl groups is 2. The van der Waals surface area contributed by atoms with Gasteiger partial charge >= 0.3 is 5.97 Å². The number of methoxy groups -OCH3 is 1. The van der Waals surface area contributed by atoms with E-state index in [4.69, 9.17) is 23.7 Å². The molecule has 0 spiro atoms. The maximum atomic E-state index is 13.0. The molecule has 45 heavy (non-hydrogen) atoms. The zero-order valence-corrected chi connectivity index (χ0v) is 26.3. The molecule has 3 atom stereocenters. The van der Waals surface area contributed by atoms with E-state index in [0.717, 1.165) is 11.1 Å². The fraction of sp³-hybridized carbons (Fsp3) is 0.378. The van der Waals surface area contributed by atoms with Crippen molar-refractivity contribution < 1.29 is 38.7 Å². The molecule has 242 valence electrons. The number of allylic oxidation sites excluding steroid dienone is 1. The SMILES string of the molecule is C=C(OCC)OC(=O)c1c(C/C=C/[C@@H](C[C@@H](O)C[C@@H](O)CCCOCc2ccccc2)OCc2ccccc2)cccc1OC. The van der Waals surface area contributed by atoms with Crippen molar-refractivity contribution >= 4 is 5.97 Å². The van der Waals surface area contributed by atoms with Crippen molar-refractivity contribution in [3.63, 3.8) is 0 Å². The van der Waals surface area contributed by atoms with Crippen molar-refractivity contribution in [3.8, 4) is 5.75 Å². The first-order chi connectivity index (χ1) is 21.9. The molecule has 0 saturated heterocycles. The van der Waals surface area contributed by atoms with Crippen molar-refractivity contribution in [2.75, 3.05) is 20.3 Å². The summed E-state index contributed by atoms with van der Waals surface area (Å²) in [6.45, 7) is 7.15. The molecule has 0 heterocycles. The molecule has 0 aromatic heterocycles. The Morgan fingerprint density at radius 2 is 1.58 bits per heavy atom. The molecule has 8 heteroatoms. The smallest absolute Gasteiger partial charge is 0.349 e. The van der Waals surface area contributed by atoms with Crippen molar-refractivity contribution in [1.82, 2.24) is 0 Å². The number of hydrogen-bond donors (Lipinski definition) is 2. The zero-order valence-electron chi connectivity index (χ0n) is 26.3. The van der Waals surface area contributed by atoms with Crippen LogP contribution in [0.1, 0.15) is 59.7 Å². The first kappa shape index (κ1) is 35.5. The average molecular weight is 619 g/mol. The predicted molar refractivity (Wildman–Crippen MR) is 174 cm³/mol. The first-order valence-corrected chi connectivity index (χ1v) is 15.4. The van der Waals surface area contributed by atoms with E-state index in [1.165, 1.54) is 7.11 Å². The Bertz CT molecular complexity index is 1310. The molecule has 0 radical (unpaired) electrons. The van der Waals surface area contributed by atoms with Gasteiger partial charge in [0.15, 0.2) is 0 Å². The van der Waals surface area contributed by atoms with Crippen LogP contribution in [0.25, 0.3) is 0 Å². The monoisotopic (exact) mass is 618 g/mol. The van der Waals surface area contributed by atoms with Crippen molar-refractivity contribution in [1.29, 1.82) is 0 Å². The molecular weight excluding hydrogens is 572 g/mol. The molecule has 3 aromatic rings. The third kappa shape index (κ3) is 13.3. The summed E-state index contributed by atoms with van der Waals surface area (Å²) in [5, 5.41) is 21.4. The zero-order chi connectivity index (χ0) is 32.3. The van der Waals surface area contributed by atoms with Crippen LogP contribution in [0.4, 0.5) is 0 Å². The number of esters is 1. The van der Waals surface area contributed by atoms with Crippen LogP contribution in [0.3, 0.4) is 0 Å². The normalized spacial score (nSPS) is 13.2. The van der Waals surface area contributed by atoms with Gasteiger partial charge in [-0.1, -0.05) is 84.9 Å². The molecule has 3 aromatic carbocycles. The van der Waals surface area contributed by atoms with Gasteiger partial charge < -0.3 is 33.9 Å². The maximum Gasteiger partial charge on any atom is 0.349 e. The second kappa shape index (κ2) is 20.2. The van der Waals surface area contributed by atoms with Crippen LogP contribution in [0, 0.1) is 0 Å². The van der Waals surface area contributed by atoms with Crippen LogP contribution in [-0.4, -0.2) is 54.8 Å². The minimum Gasteiger partial charge on any atom is -0.496 e. The Balaban J connectivity index is 1.58. The second-order valence-corrected chi connectivity index (χ2v) is 10.6. The van der Waals surface area contributed by atoms with Crippen molar-refractivity contribution in [2.24, 2.45) is 0 Å². The lowest BCUT2D eigenvalue weighted by Gasteiger charge is -2.21. The minimum absolute atomic E-state index is 0.0832. The Morgan fingerprint density at radius 3 is 2.24 bits per heavy atom. The summed E-state index contributed by atoms with van der Waals surface area (Å²) in [6.07, 6.45) is 4.04. The van der Waals surface area contributed by atoms with Gasteiger partial charge in [-0.3, -0.25) is 0 Å². The van der Waals surface area contributed by atoms with Crippen molar-refractivity contribution in [2.45, 2.75) is 70.6 Å². The van der Waals surface area contributed by atoms with E-state index in [2.05, 4.69) is 6.58 Å². The summed E-state index contributed by atoms with van der Waals surface area (Å²) < 4.78 is 27.8. The summed E-state index contributed by atoms with van der Waals surface area (Å²) in [4.78, 5) is 13.0. The van der Waals surface area contributed by atoms with Crippen LogP contribution in [0.5, 0.6) is 5.75 Å². The molecule has 3 rings (SSSR count). The van der Waals surface area contributed by atoms with E-state index in [1.54, 1.807) is 19.1 Å². The fourth-order valence-electron chi connectivity index (χ4n) is 4.80. The Morgan fingerprint density at radius 1 is 0.889 bits per heavy atom. The van der Waals surface area contributed by atoms with E-state index in [0.29, 0.717) is 63.4 Å². The Kier molecular flexibility index (Phi) is 15.9. The molecule has 2 N–H and O–H groups in total. The highest BCUT2D eigenvalue weighted by Crippen LogP contribution is 2.25. The van der Waals surface area contributed by atoms with Gasteiger partial charge in [0.1, 0.15) is 11.3 Å². The summed E-state index contributed by atoms with van der Waals surface area (Å²) in [6, 6.07) is 25.1. The van der Waals surface area contributed by atoms with Gasteiger partial charge in [0.2, 0.25) is 0 Å². The molecule has 0 saturated carbocycles. The number of carbonyl (C=O) groups excluding carboxylic acids is 1. The number of benzene rings is 3. The Hall–Kier alpha value is -3.95. The summed E-state index contributed by atoms with van der Waals surface area (Å²) in [7, 11) is 1.49.